The first-order valence-electron chi connectivity index (χ1n) is 5.53. The van der Waals surface area contributed by atoms with Crippen LogP contribution in [0.1, 0.15) is 11.3 Å². The number of aromatic nitrogens is 1. The van der Waals surface area contributed by atoms with E-state index < -0.39 is 4.92 Å². The summed E-state index contributed by atoms with van der Waals surface area (Å²) in [6.07, 6.45) is 1.68. The van der Waals surface area contributed by atoms with Gasteiger partial charge in [0.05, 0.1) is 17.2 Å². The minimum Gasteiger partial charge on any atom is -0.379 e. The molecule has 6 heteroatoms. The molecule has 0 bridgehead atoms. The van der Waals surface area contributed by atoms with Crippen LogP contribution in [0.2, 0.25) is 0 Å². The van der Waals surface area contributed by atoms with E-state index in [1.165, 1.54) is 12.1 Å². The summed E-state index contributed by atoms with van der Waals surface area (Å²) in [5.74, 6) is 0. The van der Waals surface area contributed by atoms with Crippen molar-refractivity contribution in [1.29, 1.82) is 5.26 Å². The molecule has 0 fully saturated rings. The van der Waals surface area contributed by atoms with Crippen LogP contribution in [-0.4, -0.2) is 9.91 Å². The van der Waals surface area contributed by atoms with Gasteiger partial charge < -0.3 is 5.32 Å². The molecule has 2 aromatic rings. The van der Waals surface area contributed by atoms with Gasteiger partial charge in [-0.1, -0.05) is 6.07 Å². The zero-order chi connectivity index (χ0) is 13.7. The van der Waals surface area contributed by atoms with Crippen molar-refractivity contribution < 1.29 is 4.92 Å². The van der Waals surface area contributed by atoms with Crippen LogP contribution in [0.5, 0.6) is 0 Å². The van der Waals surface area contributed by atoms with Gasteiger partial charge >= 0.3 is 0 Å². The number of hydrogen-bond acceptors (Lipinski definition) is 5. The van der Waals surface area contributed by atoms with Gasteiger partial charge in [0, 0.05) is 18.0 Å². The lowest BCUT2D eigenvalue weighted by molar-refractivity contribution is -0.385. The fraction of sp³-hybridized carbons (Fsp3) is 0.0769. The Kier molecular flexibility index (Phi) is 3.69. The minimum atomic E-state index is -0.565. The van der Waals surface area contributed by atoms with Crippen LogP contribution < -0.4 is 5.32 Å². The maximum Gasteiger partial charge on any atom is 0.289 e. The van der Waals surface area contributed by atoms with Crippen molar-refractivity contribution in [2.75, 3.05) is 5.32 Å². The van der Waals surface area contributed by atoms with Gasteiger partial charge in [-0.05, 0) is 24.3 Å². The van der Waals surface area contributed by atoms with Crippen LogP contribution >= 0.6 is 0 Å². The zero-order valence-corrected chi connectivity index (χ0v) is 9.91. The first-order chi connectivity index (χ1) is 9.20. The number of nitro benzene ring substituents is 1. The first kappa shape index (κ1) is 12.5. The number of rotatable bonds is 4. The molecule has 1 N–H and O–H groups in total. The molecule has 0 atom stereocenters. The minimum absolute atomic E-state index is 0.0494. The SMILES string of the molecule is N#Cc1ccc(NCc2ccccn2)cc1[N+](=O)[O-]. The van der Waals surface area contributed by atoms with Crippen LogP contribution in [0, 0.1) is 21.4 Å². The lowest BCUT2D eigenvalue weighted by Gasteiger charge is -2.06. The highest BCUT2D eigenvalue weighted by molar-refractivity contribution is 5.59. The van der Waals surface area contributed by atoms with Crippen molar-refractivity contribution in [3.05, 3.63) is 64.0 Å². The number of hydrogen-bond donors (Lipinski definition) is 1. The summed E-state index contributed by atoms with van der Waals surface area (Å²) in [6, 6.07) is 11.7. The molecule has 0 spiro atoms. The average Bonchev–Trinajstić information content (AvgIpc) is 2.46. The Morgan fingerprint density at radius 3 is 2.84 bits per heavy atom. The molecule has 1 aromatic carbocycles. The average molecular weight is 254 g/mol. The summed E-state index contributed by atoms with van der Waals surface area (Å²) >= 11 is 0. The Bertz CT molecular complexity index is 635. The Hall–Kier alpha value is -2.94. The summed E-state index contributed by atoms with van der Waals surface area (Å²) in [4.78, 5) is 14.4. The third kappa shape index (κ3) is 3.04. The van der Waals surface area contributed by atoms with Gasteiger partial charge in [0.2, 0.25) is 0 Å². The molecule has 6 nitrogen and oxygen atoms in total. The smallest absolute Gasteiger partial charge is 0.289 e. The van der Waals surface area contributed by atoms with E-state index in [-0.39, 0.29) is 11.3 Å². The van der Waals surface area contributed by atoms with Gasteiger partial charge in [0.15, 0.2) is 0 Å². The van der Waals surface area contributed by atoms with Crippen LogP contribution in [-0.2, 0) is 6.54 Å². The highest BCUT2D eigenvalue weighted by atomic mass is 16.6. The van der Waals surface area contributed by atoms with Gasteiger partial charge in [-0.15, -0.1) is 0 Å². The lowest BCUT2D eigenvalue weighted by Crippen LogP contribution is -2.02. The molecule has 2 rings (SSSR count). The molecule has 0 aliphatic heterocycles. The van der Waals surface area contributed by atoms with Gasteiger partial charge in [0.1, 0.15) is 11.6 Å². The number of benzene rings is 1. The predicted octanol–water partition coefficient (Wildman–Crippen LogP) is 2.47. The van der Waals surface area contributed by atoms with Gasteiger partial charge in [-0.3, -0.25) is 15.1 Å². The van der Waals surface area contributed by atoms with Crippen molar-refractivity contribution >= 4 is 11.4 Å². The monoisotopic (exact) mass is 254 g/mol. The Morgan fingerprint density at radius 1 is 1.37 bits per heavy atom. The molecular formula is C13H10N4O2. The molecule has 19 heavy (non-hydrogen) atoms. The lowest BCUT2D eigenvalue weighted by atomic mass is 10.2. The van der Waals surface area contributed by atoms with E-state index in [0.717, 1.165) is 5.69 Å². The third-order valence-electron chi connectivity index (χ3n) is 2.51. The standard InChI is InChI=1S/C13H10N4O2/c14-8-10-4-5-11(7-13(10)17(18)19)16-9-12-3-1-2-6-15-12/h1-7,16H,9H2. The summed E-state index contributed by atoms with van der Waals surface area (Å²) in [7, 11) is 0. The van der Waals surface area contributed by atoms with Gasteiger partial charge in [-0.2, -0.15) is 5.26 Å². The molecule has 94 valence electrons. The maximum atomic E-state index is 10.8. The molecule has 0 saturated heterocycles. The molecule has 0 aliphatic carbocycles. The number of nitrogens with one attached hydrogen (secondary N) is 1. The van der Waals surface area contributed by atoms with Crippen molar-refractivity contribution in [2.24, 2.45) is 0 Å². The Balaban J connectivity index is 2.16. The van der Waals surface area contributed by atoms with Gasteiger partial charge in [-0.25, -0.2) is 0 Å². The fourth-order valence-corrected chi connectivity index (χ4v) is 1.58. The van der Waals surface area contributed by atoms with Crippen molar-refractivity contribution in [1.82, 2.24) is 4.98 Å². The quantitative estimate of drug-likeness (QED) is 0.668. The molecule has 0 saturated carbocycles. The fourth-order valence-electron chi connectivity index (χ4n) is 1.58. The van der Waals surface area contributed by atoms with E-state index in [9.17, 15) is 10.1 Å². The van der Waals surface area contributed by atoms with Crippen molar-refractivity contribution in [2.45, 2.75) is 6.54 Å². The molecule has 0 amide bonds. The summed E-state index contributed by atoms with van der Waals surface area (Å²) in [5, 5.41) is 22.6. The number of pyridine rings is 1. The largest absolute Gasteiger partial charge is 0.379 e. The van der Waals surface area contributed by atoms with Crippen molar-refractivity contribution in [3.8, 4) is 6.07 Å². The third-order valence-corrected chi connectivity index (χ3v) is 2.51. The second-order valence-electron chi connectivity index (χ2n) is 3.78. The maximum absolute atomic E-state index is 10.8. The van der Waals surface area contributed by atoms with Crippen LogP contribution in [0.15, 0.2) is 42.6 Å². The molecular weight excluding hydrogens is 244 g/mol. The van der Waals surface area contributed by atoms with E-state index in [1.54, 1.807) is 18.3 Å². The van der Waals surface area contributed by atoms with E-state index in [1.807, 2.05) is 18.2 Å². The summed E-state index contributed by atoms with van der Waals surface area (Å²) in [5.41, 5.74) is 1.26. The normalized spacial score (nSPS) is 9.63. The summed E-state index contributed by atoms with van der Waals surface area (Å²) < 4.78 is 0. The molecule has 1 heterocycles. The van der Waals surface area contributed by atoms with Crippen LogP contribution in [0.4, 0.5) is 11.4 Å². The molecule has 0 unspecified atom stereocenters. The number of nitro groups is 1. The number of nitriles is 1. The summed E-state index contributed by atoms with van der Waals surface area (Å²) in [6.45, 7) is 0.462. The Labute approximate surface area is 109 Å². The van der Waals surface area contributed by atoms with E-state index in [4.69, 9.17) is 5.26 Å². The highest BCUT2D eigenvalue weighted by Crippen LogP contribution is 2.22. The number of anilines is 1. The highest BCUT2D eigenvalue weighted by Gasteiger charge is 2.13. The topological polar surface area (TPSA) is 91.8 Å². The second-order valence-corrected chi connectivity index (χ2v) is 3.78. The van der Waals surface area contributed by atoms with Crippen LogP contribution in [0.3, 0.4) is 0 Å². The molecule has 1 aromatic heterocycles. The number of nitrogens with zero attached hydrogens (tertiary/aromatic N) is 3. The van der Waals surface area contributed by atoms with E-state index in [0.29, 0.717) is 12.2 Å². The predicted molar refractivity (Wildman–Crippen MR) is 69.4 cm³/mol. The molecule has 0 aliphatic rings. The molecule has 0 radical (unpaired) electrons. The van der Waals surface area contributed by atoms with E-state index in [2.05, 4.69) is 10.3 Å². The Morgan fingerprint density at radius 2 is 2.21 bits per heavy atom. The first-order valence-corrected chi connectivity index (χ1v) is 5.53. The van der Waals surface area contributed by atoms with E-state index >= 15 is 0 Å². The zero-order valence-electron chi connectivity index (χ0n) is 9.91. The van der Waals surface area contributed by atoms with Crippen molar-refractivity contribution in [3.63, 3.8) is 0 Å². The second kappa shape index (κ2) is 5.60. The van der Waals surface area contributed by atoms with Gasteiger partial charge in [0.25, 0.3) is 5.69 Å². The van der Waals surface area contributed by atoms with Crippen LogP contribution in [0.25, 0.3) is 0 Å².